The zero-order valence-corrected chi connectivity index (χ0v) is 14.4. The van der Waals surface area contributed by atoms with E-state index in [1.54, 1.807) is 0 Å². The van der Waals surface area contributed by atoms with Gasteiger partial charge < -0.3 is 16.8 Å². The number of hydrogen-bond acceptors (Lipinski definition) is 6. The van der Waals surface area contributed by atoms with Crippen LogP contribution in [0.25, 0.3) is 0 Å². The number of nitrogens with one attached hydrogen (secondary N) is 1. The highest BCUT2D eigenvalue weighted by atomic mass is 15.2. The summed E-state index contributed by atoms with van der Waals surface area (Å²) in [6.45, 7) is 4.48. The number of nitrogens with zero attached hydrogens (tertiary/aromatic N) is 3. The lowest BCUT2D eigenvalue weighted by Gasteiger charge is -2.34. The summed E-state index contributed by atoms with van der Waals surface area (Å²) in [7, 11) is 0. The van der Waals surface area contributed by atoms with Gasteiger partial charge in [0.05, 0.1) is 6.04 Å². The molecule has 0 amide bonds. The van der Waals surface area contributed by atoms with Crippen molar-refractivity contribution in [1.82, 2.24) is 15.0 Å². The van der Waals surface area contributed by atoms with Crippen LogP contribution in [0.5, 0.6) is 0 Å². The molecule has 1 saturated carbocycles. The third-order valence-corrected chi connectivity index (χ3v) is 5.01. The molecule has 0 saturated heterocycles. The summed E-state index contributed by atoms with van der Waals surface area (Å²) in [5, 5.41) is 3.48. The Morgan fingerprint density at radius 2 is 1.62 bits per heavy atom. The van der Waals surface area contributed by atoms with E-state index in [0.717, 1.165) is 5.92 Å². The summed E-state index contributed by atoms with van der Waals surface area (Å²) in [5.41, 5.74) is 14.0. The normalized spacial score (nSPS) is 22.1. The van der Waals surface area contributed by atoms with Gasteiger partial charge in [-0.25, -0.2) is 0 Å². The van der Waals surface area contributed by atoms with Crippen molar-refractivity contribution >= 4 is 17.8 Å². The summed E-state index contributed by atoms with van der Waals surface area (Å²) < 4.78 is 0. The van der Waals surface area contributed by atoms with E-state index in [1.807, 2.05) is 0 Å². The number of benzene rings is 1. The van der Waals surface area contributed by atoms with Gasteiger partial charge in [0.25, 0.3) is 0 Å². The predicted octanol–water partition coefficient (Wildman–Crippen LogP) is 3.32. The van der Waals surface area contributed by atoms with Gasteiger partial charge >= 0.3 is 0 Å². The topological polar surface area (TPSA) is 103 Å². The van der Waals surface area contributed by atoms with E-state index in [-0.39, 0.29) is 17.9 Å². The Morgan fingerprint density at radius 3 is 2.25 bits per heavy atom. The van der Waals surface area contributed by atoms with Crippen LogP contribution in [0.2, 0.25) is 0 Å². The highest BCUT2D eigenvalue weighted by Crippen LogP contribution is 2.39. The summed E-state index contributed by atoms with van der Waals surface area (Å²) in [6.07, 6.45) is 4.92. The van der Waals surface area contributed by atoms with Crippen LogP contribution in [-0.4, -0.2) is 15.0 Å². The Morgan fingerprint density at radius 1 is 1.00 bits per heavy atom. The molecule has 1 aromatic heterocycles. The maximum Gasteiger partial charge on any atom is 0.229 e. The van der Waals surface area contributed by atoms with Gasteiger partial charge in [0.15, 0.2) is 0 Å². The van der Waals surface area contributed by atoms with Gasteiger partial charge in [-0.05, 0) is 42.7 Å². The van der Waals surface area contributed by atoms with Crippen molar-refractivity contribution < 1.29 is 0 Å². The molecule has 1 aliphatic carbocycles. The van der Waals surface area contributed by atoms with Crippen LogP contribution >= 0.6 is 0 Å². The molecular weight excluding hydrogens is 300 g/mol. The smallest absolute Gasteiger partial charge is 0.229 e. The highest BCUT2D eigenvalue weighted by molar-refractivity contribution is 5.41. The zero-order chi connectivity index (χ0) is 17.1. The lowest BCUT2D eigenvalue weighted by atomic mass is 9.76. The maximum atomic E-state index is 5.72. The molecule has 6 nitrogen and oxygen atoms in total. The predicted molar refractivity (Wildman–Crippen MR) is 97.3 cm³/mol. The molecule has 5 N–H and O–H groups in total. The van der Waals surface area contributed by atoms with Crippen molar-refractivity contribution in [3.8, 4) is 0 Å². The van der Waals surface area contributed by atoms with Crippen molar-refractivity contribution in [3.63, 3.8) is 0 Å². The van der Waals surface area contributed by atoms with Crippen LogP contribution in [0.4, 0.5) is 17.8 Å². The maximum absolute atomic E-state index is 5.72. The van der Waals surface area contributed by atoms with Crippen LogP contribution in [0.3, 0.4) is 0 Å². The molecule has 6 heteroatoms. The van der Waals surface area contributed by atoms with E-state index < -0.39 is 0 Å². The molecule has 24 heavy (non-hydrogen) atoms. The largest absolute Gasteiger partial charge is 0.368 e. The fraction of sp³-hybridized carbons (Fsp3) is 0.500. The molecule has 1 aliphatic rings. The molecule has 0 radical (unpaired) electrons. The number of rotatable bonds is 4. The number of anilines is 3. The van der Waals surface area contributed by atoms with Crippen molar-refractivity contribution in [1.29, 1.82) is 0 Å². The first kappa shape index (κ1) is 16.5. The summed E-state index contributed by atoms with van der Waals surface area (Å²) in [6, 6.07) is 8.63. The second-order valence-electron chi connectivity index (χ2n) is 6.87. The van der Waals surface area contributed by atoms with Crippen molar-refractivity contribution in [2.75, 3.05) is 16.8 Å². The van der Waals surface area contributed by atoms with E-state index in [0.29, 0.717) is 11.9 Å². The summed E-state index contributed by atoms with van der Waals surface area (Å²) in [4.78, 5) is 12.3. The average molecular weight is 326 g/mol. The Bertz CT molecular complexity index is 673. The van der Waals surface area contributed by atoms with Crippen molar-refractivity contribution in [3.05, 3.63) is 35.4 Å². The number of aromatic nitrogens is 3. The van der Waals surface area contributed by atoms with E-state index >= 15 is 0 Å². The fourth-order valence-corrected chi connectivity index (χ4v) is 3.62. The SMILES string of the molecule is Cc1ccccc1C(Nc1nc(N)nc(N)n1)C1CCC(C)CC1. The van der Waals surface area contributed by atoms with E-state index in [1.165, 1.54) is 36.8 Å². The van der Waals surface area contributed by atoms with Crippen LogP contribution in [0.15, 0.2) is 24.3 Å². The number of aryl methyl sites for hydroxylation is 1. The van der Waals surface area contributed by atoms with Gasteiger partial charge in [0.2, 0.25) is 17.8 Å². The minimum atomic E-state index is 0.144. The average Bonchev–Trinajstić information content (AvgIpc) is 2.53. The zero-order valence-electron chi connectivity index (χ0n) is 14.4. The monoisotopic (exact) mass is 326 g/mol. The quantitative estimate of drug-likeness (QED) is 0.796. The Hall–Kier alpha value is -2.37. The number of nitrogen functional groups attached to an aromatic ring is 2. The van der Waals surface area contributed by atoms with Gasteiger partial charge in [-0.3, -0.25) is 0 Å². The lowest BCUT2D eigenvalue weighted by Crippen LogP contribution is -2.26. The molecule has 0 spiro atoms. The number of hydrogen-bond donors (Lipinski definition) is 3. The molecule has 1 aromatic carbocycles. The third-order valence-electron chi connectivity index (χ3n) is 5.01. The van der Waals surface area contributed by atoms with Crippen LogP contribution in [0.1, 0.15) is 49.8 Å². The first-order valence-corrected chi connectivity index (χ1v) is 8.62. The van der Waals surface area contributed by atoms with Crippen LogP contribution in [-0.2, 0) is 0 Å². The third kappa shape index (κ3) is 3.75. The summed E-state index contributed by atoms with van der Waals surface area (Å²) >= 11 is 0. The Labute approximate surface area is 143 Å². The minimum absolute atomic E-state index is 0.144. The lowest BCUT2D eigenvalue weighted by molar-refractivity contribution is 0.264. The molecule has 3 rings (SSSR count). The molecule has 1 unspecified atom stereocenters. The second kappa shape index (κ2) is 7.03. The van der Waals surface area contributed by atoms with Gasteiger partial charge in [-0.2, -0.15) is 15.0 Å². The van der Waals surface area contributed by atoms with Gasteiger partial charge in [-0.1, -0.05) is 44.0 Å². The van der Waals surface area contributed by atoms with E-state index in [2.05, 4.69) is 58.4 Å². The van der Waals surface area contributed by atoms with Crippen LogP contribution < -0.4 is 16.8 Å². The molecule has 0 aliphatic heterocycles. The summed E-state index contributed by atoms with van der Waals surface area (Å²) in [5.74, 6) is 2.09. The molecule has 2 aromatic rings. The molecule has 1 atom stereocenters. The van der Waals surface area contributed by atoms with Crippen molar-refractivity contribution in [2.45, 2.75) is 45.6 Å². The van der Waals surface area contributed by atoms with Gasteiger partial charge in [-0.15, -0.1) is 0 Å². The molecule has 128 valence electrons. The van der Waals surface area contributed by atoms with E-state index in [9.17, 15) is 0 Å². The fourth-order valence-electron chi connectivity index (χ4n) is 3.62. The molecule has 1 heterocycles. The molecule has 0 bridgehead atoms. The second-order valence-corrected chi connectivity index (χ2v) is 6.87. The highest BCUT2D eigenvalue weighted by Gasteiger charge is 2.28. The van der Waals surface area contributed by atoms with E-state index in [4.69, 9.17) is 11.5 Å². The molecular formula is C18H26N6. The van der Waals surface area contributed by atoms with Crippen molar-refractivity contribution in [2.24, 2.45) is 11.8 Å². The molecule has 1 fully saturated rings. The Balaban J connectivity index is 1.91. The first-order valence-electron chi connectivity index (χ1n) is 8.62. The van der Waals surface area contributed by atoms with Crippen LogP contribution in [0, 0.1) is 18.8 Å². The standard InChI is InChI=1S/C18H26N6/c1-11-7-9-13(10-8-11)15(14-6-4-3-5-12(14)2)21-18-23-16(19)22-17(20)24-18/h3-6,11,13,15H,7-10H2,1-2H3,(H5,19,20,21,22,23,24). The number of nitrogens with two attached hydrogens (primary N) is 2. The minimum Gasteiger partial charge on any atom is -0.368 e. The van der Waals surface area contributed by atoms with Gasteiger partial charge in [0.1, 0.15) is 0 Å². The Kier molecular flexibility index (Phi) is 4.83. The first-order chi connectivity index (χ1) is 11.5. The van der Waals surface area contributed by atoms with Gasteiger partial charge in [0, 0.05) is 0 Å².